The molecule has 0 heterocycles. The van der Waals surface area contributed by atoms with Crippen molar-refractivity contribution in [1.82, 2.24) is 5.32 Å². The number of hydrogen-bond acceptors (Lipinski definition) is 6. The Balaban J connectivity index is 1.26. The van der Waals surface area contributed by atoms with Gasteiger partial charge in [-0.15, -0.1) is 0 Å². The average molecular weight is 738 g/mol. The Hall–Kier alpha value is -2.22. The Morgan fingerprint density at radius 2 is 1.69 bits per heavy atom. The minimum absolute atomic E-state index is 0.0166. The van der Waals surface area contributed by atoms with Crippen molar-refractivity contribution in [2.75, 3.05) is 6.54 Å². The average Bonchev–Trinajstić information content (AvgIpc) is 3.36. The van der Waals surface area contributed by atoms with Crippen molar-refractivity contribution < 1.29 is 29.3 Å². The number of Topliss-reactive ketones (excluding diaryl/α,β-unsaturated/α-hetero) is 1. The Morgan fingerprint density at radius 3 is 2.35 bits per heavy atom. The van der Waals surface area contributed by atoms with Gasteiger partial charge in [-0.05, 0) is 128 Å². The number of carbonyl (C=O) groups is 3. The maximum atomic E-state index is 14.0. The third kappa shape index (κ3) is 6.11. The fraction of sp³-hybridized carbons (Fsp3) is 0.750. The number of hydrogen-bond donors (Lipinski definition) is 3. The van der Waals surface area contributed by atoms with Gasteiger partial charge in [0.05, 0.1) is 17.9 Å². The Labute approximate surface area is 317 Å². The number of ketones is 1. The van der Waals surface area contributed by atoms with Gasteiger partial charge in [0.25, 0.3) is 0 Å². The number of aliphatic hydroxyl groups is 1. The molecular weight excluding hydrogens is 674 g/mol. The van der Waals surface area contributed by atoms with Gasteiger partial charge in [0, 0.05) is 35.4 Å². The zero-order valence-electron chi connectivity index (χ0n) is 33.2. The fourth-order valence-corrected chi connectivity index (χ4v) is 13.3. The molecule has 0 spiro atoms. The van der Waals surface area contributed by atoms with Crippen molar-refractivity contribution in [3.63, 3.8) is 0 Å². The number of aliphatic carboxylic acids is 1. The van der Waals surface area contributed by atoms with Crippen LogP contribution in [0.4, 0.5) is 0 Å². The van der Waals surface area contributed by atoms with E-state index in [9.17, 15) is 24.6 Å². The van der Waals surface area contributed by atoms with Crippen LogP contribution >= 0.6 is 11.6 Å². The van der Waals surface area contributed by atoms with E-state index in [-0.39, 0.29) is 51.8 Å². The molecule has 1 unspecified atom stereocenters. The normalized spacial score (nSPS) is 37.5. The van der Waals surface area contributed by atoms with Crippen LogP contribution in [0, 0.1) is 56.2 Å². The highest BCUT2D eigenvalue weighted by Crippen LogP contribution is 2.77. The summed E-state index contributed by atoms with van der Waals surface area (Å²) in [7, 11) is 0. The van der Waals surface area contributed by atoms with Gasteiger partial charge in [0.15, 0.2) is 5.78 Å². The number of nitrogens with one attached hydrogen (secondary N) is 1. The fourth-order valence-electron chi connectivity index (χ4n) is 13.1. The smallest absolute Gasteiger partial charge is 0.309 e. The number of esters is 1. The molecule has 0 amide bonds. The van der Waals surface area contributed by atoms with E-state index >= 15 is 0 Å². The van der Waals surface area contributed by atoms with Crippen molar-refractivity contribution in [3.05, 3.63) is 46.0 Å². The highest BCUT2D eigenvalue weighted by molar-refractivity contribution is 6.30. The van der Waals surface area contributed by atoms with E-state index in [0.29, 0.717) is 36.4 Å². The molecule has 9 atom stereocenters. The number of ether oxygens (including phenoxy) is 1. The van der Waals surface area contributed by atoms with Crippen LogP contribution in [0.3, 0.4) is 0 Å². The summed E-state index contributed by atoms with van der Waals surface area (Å²) in [5.41, 5.74) is 1.49. The molecule has 52 heavy (non-hydrogen) atoms. The predicted molar refractivity (Wildman–Crippen MR) is 205 cm³/mol. The van der Waals surface area contributed by atoms with E-state index in [2.05, 4.69) is 53.8 Å². The quantitative estimate of drug-likeness (QED) is 0.205. The van der Waals surface area contributed by atoms with Gasteiger partial charge >= 0.3 is 11.9 Å². The van der Waals surface area contributed by atoms with Crippen molar-refractivity contribution >= 4 is 29.3 Å². The van der Waals surface area contributed by atoms with Gasteiger partial charge in [-0.3, -0.25) is 14.4 Å². The number of rotatable bonds is 10. The summed E-state index contributed by atoms with van der Waals surface area (Å²) in [6.07, 6.45) is 7.14. The lowest BCUT2D eigenvalue weighted by molar-refractivity contribution is -0.235. The summed E-state index contributed by atoms with van der Waals surface area (Å²) < 4.78 is 6.16. The molecule has 0 bridgehead atoms. The minimum atomic E-state index is -1.17. The highest BCUT2D eigenvalue weighted by Gasteiger charge is 2.70. The Morgan fingerprint density at radius 1 is 0.981 bits per heavy atom. The first-order chi connectivity index (χ1) is 24.1. The molecule has 3 N–H and O–H groups in total. The molecule has 7 nitrogen and oxygen atoms in total. The van der Waals surface area contributed by atoms with Crippen LogP contribution in [0.25, 0.3) is 0 Å². The molecule has 0 radical (unpaired) electrons. The van der Waals surface area contributed by atoms with E-state index in [4.69, 9.17) is 16.3 Å². The molecule has 288 valence electrons. The molecule has 1 aromatic rings. The topological polar surface area (TPSA) is 113 Å². The summed E-state index contributed by atoms with van der Waals surface area (Å²) in [6, 6.07) is 7.80. The van der Waals surface area contributed by atoms with E-state index in [0.717, 1.165) is 62.5 Å². The lowest BCUT2D eigenvalue weighted by Gasteiger charge is -2.72. The van der Waals surface area contributed by atoms with Crippen molar-refractivity contribution in [2.24, 2.45) is 56.2 Å². The summed E-state index contributed by atoms with van der Waals surface area (Å²) in [5, 5.41) is 25.9. The summed E-state index contributed by atoms with van der Waals surface area (Å²) in [6.45, 7) is 20.6. The van der Waals surface area contributed by atoms with Crippen LogP contribution in [0.1, 0.15) is 132 Å². The first kappa shape index (κ1) is 39.5. The van der Waals surface area contributed by atoms with Gasteiger partial charge in [-0.1, -0.05) is 77.8 Å². The Kier molecular flexibility index (Phi) is 10.3. The van der Waals surface area contributed by atoms with E-state index in [1.807, 2.05) is 24.3 Å². The van der Waals surface area contributed by atoms with Crippen LogP contribution in [0.15, 0.2) is 35.4 Å². The first-order valence-electron chi connectivity index (χ1n) is 20.0. The number of carboxylic acids is 1. The number of aliphatic hydroxyl groups excluding tert-OH is 1. The molecular formula is C44H64ClNO6. The molecule has 6 rings (SSSR count). The number of fused-ring (bicyclic) bond motifs is 7. The van der Waals surface area contributed by atoms with Gasteiger partial charge < -0.3 is 20.3 Å². The molecule has 0 saturated heterocycles. The van der Waals surface area contributed by atoms with Crippen LogP contribution < -0.4 is 5.32 Å². The summed E-state index contributed by atoms with van der Waals surface area (Å²) in [5.74, 6) is 0.0236. The van der Waals surface area contributed by atoms with Crippen molar-refractivity contribution in [3.8, 4) is 0 Å². The van der Waals surface area contributed by atoms with Crippen molar-refractivity contribution in [1.29, 1.82) is 0 Å². The van der Waals surface area contributed by atoms with Crippen LogP contribution in [0.2, 0.25) is 5.02 Å². The van der Waals surface area contributed by atoms with Gasteiger partial charge in [0.1, 0.15) is 6.10 Å². The largest absolute Gasteiger partial charge is 0.481 e. The lowest BCUT2D eigenvalue weighted by atomic mass is 9.33. The monoisotopic (exact) mass is 737 g/mol. The van der Waals surface area contributed by atoms with Crippen LogP contribution in [-0.4, -0.2) is 46.7 Å². The molecule has 0 aliphatic heterocycles. The summed E-state index contributed by atoms with van der Waals surface area (Å²) >= 11 is 6.24. The SMILES string of the molecule is CC(C)C1=C2[C@H]3CC[C@@H]4[C@@]5(C)CC[C@H](OC(=O)CC(C)(C)C(=O)O)C(C)(C)C5CC[C@@]4(C)[C@]3(C)CC[C@@]2([C@H](O)CNCc2cccc(Cl)c2)CC1=O. The zero-order valence-corrected chi connectivity index (χ0v) is 33.9. The number of benzene rings is 1. The third-order valence-electron chi connectivity index (χ3n) is 16.1. The predicted octanol–water partition coefficient (Wildman–Crippen LogP) is 9.18. The first-order valence-corrected chi connectivity index (χ1v) is 20.4. The molecule has 5 aliphatic carbocycles. The second kappa shape index (κ2) is 13.5. The molecule has 4 saturated carbocycles. The lowest BCUT2D eigenvalue weighted by Crippen LogP contribution is -2.66. The van der Waals surface area contributed by atoms with E-state index in [1.54, 1.807) is 13.8 Å². The van der Waals surface area contributed by atoms with Crippen LogP contribution in [0.5, 0.6) is 0 Å². The number of halogens is 1. The number of carboxylic acid groups (broad SMARTS) is 1. The number of carbonyl (C=O) groups excluding carboxylic acids is 2. The Bertz CT molecular complexity index is 1630. The summed E-state index contributed by atoms with van der Waals surface area (Å²) in [4.78, 5) is 38.8. The zero-order chi connectivity index (χ0) is 38.2. The second-order valence-electron chi connectivity index (χ2n) is 19.8. The van der Waals surface area contributed by atoms with Gasteiger partial charge in [-0.25, -0.2) is 0 Å². The molecule has 1 aromatic carbocycles. The van der Waals surface area contributed by atoms with E-state index < -0.39 is 28.9 Å². The molecule has 4 fully saturated rings. The number of allylic oxidation sites excluding steroid dienone is 1. The second-order valence-corrected chi connectivity index (χ2v) is 20.3. The molecule has 0 aromatic heterocycles. The maximum Gasteiger partial charge on any atom is 0.309 e. The standard InChI is InChI=1S/C44H64ClNO6/c1-26(2)36-30(47)22-44(33(48)25-46-24-27-11-10-12-28(45)21-27)20-19-42(8)29(37(36)44)13-14-32-41(7)17-16-34(52-35(49)23-39(3,4)38(50)51)40(5,6)31(41)15-18-43(32,42)9/h10-12,21,26,29,31-34,46,48H,13-20,22-25H2,1-9H3,(H,50,51)/t29-,31?,32-,33-,34+,41+,42-,43-,44+/m1/s1. The third-order valence-corrected chi connectivity index (χ3v) is 16.3. The van der Waals surface area contributed by atoms with Gasteiger partial charge in [0.2, 0.25) is 0 Å². The van der Waals surface area contributed by atoms with Crippen LogP contribution in [-0.2, 0) is 25.7 Å². The van der Waals surface area contributed by atoms with Crippen molar-refractivity contribution in [2.45, 2.75) is 145 Å². The maximum absolute atomic E-state index is 14.0. The molecule has 8 heteroatoms. The van der Waals surface area contributed by atoms with Gasteiger partial charge in [-0.2, -0.15) is 0 Å². The minimum Gasteiger partial charge on any atom is -0.481 e. The highest BCUT2D eigenvalue weighted by atomic mass is 35.5. The van der Waals surface area contributed by atoms with E-state index in [1.165, 1.54) is 5.57 Å². The molecule has 5 aliphatic rings.